The molecule has 51 heavy (non-hydrogen) atoms. The summed E-state index contributed by atoms with van der Waals surface area (Å²) in [5.41, 5.74) is 0. The van der Waals surface area contributed by atoms with Crippen molar-refractivity contribution in [3.05, 3.63) is 20.2 Å². The quantitative estimate of drug-likeness (QED) is 0.0332. The molecule has 1 atom stereocenters. The molecule has 0 aromatic carbocycles. The lowest BCUT2D eigenvalue weighted by atomic mass is 10.4. The first-order chi connectivity index (χ1) is 22.4. The molecule has 0 bridgehead atoms. The number of hydrogen-bond donors (Lipinski definition) is 4. The molecule has 0 aliphatic rings. The molecule has 0 saturated heterocycles. The van der Waals surface area contributed by atoms with Gasteiger partial charge in [-0.25, -0.2) is 0 Å². The van der Waals surface area contributed by atoms with Gasteiger partial charge in [-0.1, -0.05) is 14.9 Å². The Hall–Kier alpha value is 0.258. The standard InChI is InChI=1S/C8H20BrNO10Si2.C6H18O7Si2.C3H6BrNO4.CH4O.2CH4.H2S/c1-14-21(15-2,16-3)20-22(17-4,18-5)19-7-8(9,6-11)10(12)13;1-7-14(8-2,9-3)13-15(10-4,11-5)12-6;4-3(1-6,2-7)5(8)9;1-2;;;/h11H,6-7H2,1-5H3;1-6H3;6-7H,1-2H2;2H,1H3;2*1H4;1H2. The average molecular weight is 983 g/mol. The minimum absolute atomic E-state index is 0. The molecule has 0 aromatic heterocycles. The fraction of sp³-hybridized carbons (Fsp3) is 1.00. The maximum atomic E-state index is 10.9. The van der Waals surface area contributed by atoms with Crippen LogP contribution in [0.2, 0.25) is 0 Å². The highest BCUT2D eigenvalue weighted by Crippen LogP contribution is 2.25. The average Bonchev–Trinajstić information content (AvgIpc) is 3.14. The van der Waals surface area contributed by atoms with Gasteiger partial charge in [-0.05, 0) is 0 Å². The molecule has 0 aromatic rings. The van der Waals surface area contributed by atoms with Gasteiger partial charge >= 0.3 is 45.1 Å². The molecule has 0 fully saturated rings. The van der Waals surface area contributed by atoms with E-state index in [9.17, 15) is 20.2 Å². The summed E-state index contributed by atoms with van der Waals surface area (Å²) in [6, 6.07) is 0. The van der Waals surface area contributed by atoms with Crippen LogP contribution in [0.5, 0.6) is 0 Å². The minimum Gasteiger partial charge on any atom is -0.400 e. The van der Waals surface area contributed by atoms with Gasteiger partial charge in [-0.15, -0.1) is 0 Å². The van der Waals surface area contributed by atoms with Gasteiger partial charge in [0.05, 0.1) is 0 Å². The van der Waals surface area contributed by atoms with Gasteiger partial charge in [0.25, 0.3) is 0 Å². The zero-order valence-electron chi connectivity index (χ0n) is 29.1. The Kier molecular flexibility index (Phi) is 43.5. The zero-order chi connectivity index (χ0) is 38.9. The second-order valence-corrected chi connectivity index (χ2v) is 20.9. The van der Waals surface area contributed by atoms with Crippen molar-refractivity contribution in [1.29, 1.82) is 0 Å². The fourth-order valence-electron chi connectivity index (χ4n) is 2.27. The van der Waals surface area contributed by atoms with Gasteiger partial charge < -0.3 is 81.8 Å². The van der Waals surface area contributed by atoms with Crippen LogP contribution in [-0.4, -0.2) is 187 Å². The van der Waals surface area contributed by atoms with E-state index in [1.54, 1.807) is 0 Å². The first-order valence-electron chi connectivity index (χ1n) is 12.4. The number of aliphatic hydroxyl groups is 4. The number of halogens is 2. The van der Waals surface area contributed by atoms with E-state index in [4.69, 9.17) is 81.8 Å². The van der Waals surface area contributed by atoms with E-state index in [1.807, 2.05) is 0 Å². The number of nitrogens with zero attached hydrogens (tertiary/aromatic N) is 2. The highest BCUT2D eigenvalue weighted by Gasteiger charge is 2.59. The number of aliphatic hydroxyl groups excluding tert-OH is 4. The predicted octanol–water partition coefficient (Wildman–Crippen LogP) is -0.432. The van der Waals surface area contributed by atoms with E-state index in [1.165, 1.54) is 78.2 Å². The molecule has 0 aliphatic carbocycles. The molecule has 0 heterocycles. The van der Waals surface area contributed by atoms with Gasteiger partial charge in [-0.2, -0.15) is 13.5 Å². The molecule has 24 nitrogen and oxygen atoms in total. The number of rotatable bonds is 23. The zero-order valence-corrected chi connectivity index (χ0v) is 37.3. The first kappa shape index (κ1) is 66.1. The van der Waals surface area contributed by atoms with Crippen molar-refractivity contribution in [2.24, 2.45) is 0 Å². The Morgan fingerprint density at radius 3 is 0.843 bits per heavy atom. The highest BCUT2D eigenvalue weighted by atomic mass is 79.9. The molecular weight excluding hydrogens is 924 g/mol. The van der Waals surface area contributed by atoms with Crippen LogP contribution in [0.1, 0.15) is 14.9 Å². The largest absolute Gasteiger partial charge is 0.673 e. The van der Waals surface area contributed by atoms with E-state index in [-0.39, 0.29) is 28.3 Å². The lowest BCUT2D eigenvalue weighted by Crippen LogP contribution is -2.61. The smallest absolute Gasteiger partial charge is 0.400 e. The summed E-state index contributed by atoms with van der Waals surface area (Å²) in [5, 5.41) is 53.6. The highest BCUT2D eigenvalue weighted by molar-refractivity contribution is 9.10. The van der Waals surface area contributed by atoms with Crippen LogP contribution >= 0.6 is 45.4 Å². The van der Waals surface area contributed by atoms with Crippen molar-refractivity contribution in [3.8, 4) is 0 Å². The lowest BCUT2D eigenvalue weighted by Gasteiger charge is -2.32. The van der Waals surface area contributed by atoms with Crippen LogP contribution in [-0.2, 0) is 61.3 Å². The maximum absolute atomic E-state index is 10.9. The summed E-state index contributed by atoms with van der Waals surface area (Å²) < 4.78 is 68.4. The Balaban J connectivity index is -0.000000117. The SMILES string of the molecule is C.C.CO.CO[Si](OC)(OC)O[Si](OC)(OC)OC.CO[Si](OC)(OC)O[Si](OC)(OC)OCC(Br)(CO)[N+](=O)[O-].O=[N+]([O-])C(Br)(CO)CO.S. The summed E-state index contributed by atoms with van der Waals surface area (Å²) in [7, 11) is 1.93. The van der Waals surface area contributed by atoms with Crippen LogP contribution < -0.4 is 0 Å². The summed E-state index contributed by atoms with van der Waals surface area (Å²) in [6.07, 6.45) is 0. The van der Waals surface area contributed by atoms with Gasteiger partial charge in [0.15, 0.2) is 0 Å². The maximum Gasteiger partial charge on any atom is 0.673 e. The lowest BCUT2D eigenvalue weighted by molar-refractivity contribution is -0.542. The summed E-state index contributed by atoms with van der Waals surface area (Å²) >= 11 is 5.34. The molecule has 0 amide bonds. The Morgan fingerprint density at radius 2 is 0.706 bits per heavy atom. The van der Waals surface area contributed by atoms with E-state index in [0.29, 0.717) is 0 Å². The molecular formula is C20H58Br2N2O22SSi4. The summed E-state index contributed by atoms with van der Waals surface area (Å²) in [6.45, 7) is -2.86. The van der Waals surface area contributed by atoms with E-state index < -0.39 is 81.4 Å². The van der Waals surface area contributed by atoms with Crippen molar-refractivity contribution >= 4 is 81.5 Å². The second-order valence-electron chi connectivity index (χ2n) is 7.56. The second kappa shape index (κ2) is 33.6. The molecule has 31 heteroatoms. The molecule has 1 unspecified atom stereocenters. The monoisotopic (exact) mass is 980 g/mol. The van der Waals surface area contributed by atoms with Gasteiger partial charge in [0, 0.05) is 127 Å². The normalized spacial score (nSPS) is 12.7. The van der Waals surface area contributed by atoms with Crippen molar-refractivity contribution < 1.29 is 91.6 Å². The topological polar surface area (TPSA) is 296 Å². The Bertz CT molecular complexity index is 810. The van der Waals surface area contributed by atoms with Gasteiger partial charge in [0.1, 0.15) is 26.4 Å². The third kappa shape index (κ3) is 21.8. The molecule has 316 valence electrons. The van der Waals surface area contributed by atoms with Crippen molar-refractivity contribution in [2.45, 2.75) is 23.7 Å². The van der Waals surface area contributed by atoms with Crippen LogP contribution in [0.3, 0.4) is 0 Å². The van der Waals surface area contributed by atoms with E-state index in [0.717, 1.165) is 7.11 Å². The molecule has 0 spiro atoms. The number of hydrogen-bond acceptors (Lipinski definition) is 22. The summed E-state index contributed by atoms with van der Waals surface area (Å²) in [4.78, 5) is 19.3. The molecule has 4 N–H and O–H groups in total. The van der Waals surface area contributed by atoms with Crippen molar-refractivity contribution in [1.82, 2.24) is 0 Å². The predicted molar refractivity (Wildman–Crippen MR) is 199 cm³/mol. The molecule has 0 aliphatic heterocycles. The minimum atomic E-state index is -3.87. The van der Waals surface area contributed by atoms with Gasteiger partial charge in [0.2, 0.25) is 0 Å². The first-order valence-corrected chi connectivity index (χ1v) is 20.5. The van der Waals surface area contributed by atoms with Crippen LogP contribution in [0.25, 0.3) is 0 Å². The molecule has 0 saturated carbocycles. The number of alkyl halides is 2. The Morgan fingerprint density at radius 1 is 0.510 bits per heavy atom. The van der Waals surface area contributed by atoms with Crippen molar-refractivity contribution in [2.75, 3.05) is 112 Å². The summed E-state index contributed by atoms with van der Waals surface area (Å²) in [5.74, 6) is 0. The molecule has 0 rings (SSSR count). The van der Waals surface area contributed by atoms with E-state index >= 15 is 0 Å². The third-order valence-corrected chi connectivity index (χ3v) is 16.7. The van der Waals surface area contributed by atoms with Crippen LogP contribution in [0.4, 0.5) is 0 Å². The van der Waals surface area contributed by atoms with Crippen LogP contribution in [0, 0.1) is 20.2 Å². The van der Waals surface area contributed by atoms with E-state index in [2.05, 4.69) is 31.9 Å². The fourth-order valence-corrected chi connectivity index (χ4v) is 11.3. The third-order valence-electron chi connectivity index (χ3n) is 5.10. The number of nitro groups is 2. The van der Waals surface area contributed by atoms with Gasteiger partial charge in [-0.3, -0.25) is 20.2 Å². The van der Waals surface area contributed by atoms with Crippen LogP contribution in [0.15, 0.2) is 0 Å². The van der Waals surface area contributed by atoms with Crippen molar-refractivity contribution in [3.63, 3.8) is 0 Å². The Labute approximate surface area is 327 Å². The molecule has 0 radical (unpaired) electrons.